The summed E-state index contributed by atoms with van der Waals surface area (Å²) in [6, 6.07) is 0. The lowest BCUT2D eigenvalue weighted by molar-refractivity contribution is -0.389. The van der Waals surface area contributed by atoms with Crippen molar-refractivity contribution in [2.75, 3.05) is 18.0 Å². The number of piperidine rings is 1. The highest BCUT2D eigenvalue weighted by molar-refractivity contribution is 7.15. The van der Waals surface area contributed by atoms with Gasteiger partial charge in [-0.05, 0) is 23.7 Å². The highest BCUT2D eigenvalue weighted by Gasteiger charge is 2.31. The van der Waals surface area contributed by atoms with Gasteiger partial charge in [0.15, 0.2) is 0 Å². The van der Waals surface area contributed by atoms with Crippen LogP contribution in [0.2, 0.25) is 0 Å². The molecule has 1 N–H and O–H groups in total. The molecule has 1 atom stereocenters. The summed E-state index contributed by atoms with van der Waals surface area (Å²) in [6.07, 6.45) is 3.37. The summed E-state index contributed by atoms with van der Waals surface area (Å²) in [4.78, 5) is 28.5. The van der Waals surface area contributed by atoms with Crippen molar-refractivity contribution in [1.82, 2.24) is 9.38 Å². The molecule has 0 aromatic carbocycles. The number of carboxylic acids is 1. The van der Waals surface area contributed by atoms with Gasteiger partial charge in [-0.1, -0.05) is 11.3 Å². The molecular weight excluding hydrogens is 296 g/mol. The van der Waals surface area contributed by atoms with Crippen LogP contribution in [-0.4, -0.2) is 38.5 Å². The highest BCUT2D eigenvalue weighted by Crippen LogP contribution is 2.34. The van der Waals surface area contributed by atoms with E-state index in [-0.39, 0.29) is 18.2 Å². The van der Waals surface area contributed by atoms with Gasteiger partial charge in [0.2, 0.25) is 5.82 Å². The fraction of sp³-hybridized carbons (Fsp3) is 0.500. The van der Waals surface area contributed by atoms with Crippen LogP contribution in [0.4, 0.5) is 11.6 Å². The fourth-order valence-corrected chi connectivity index (χ4v) is 3.52. The van der Waals surface area contributed by atoms with Crippen molar-refractivity contribution in [3.8, 4) is 0 Å². The Bertz CT molecular complexity index is 695. The zero-order valence-electron chi connectivity index (χ0n) is 11.1. The van der Waals surface area contributed by atoms with Crippen molar-refractivity contribution < 1.29 is 14.8 Å². The number of nitrogens with zero attached hydrogens (tertiary/aromatic N) is 4. The summed E-state index contributed by atoms with van der Waals surface area (Å²) in [5.41, 5.74) is 0. The van der Waals surface area contributed by atoms with Crippen molar-refractivity contribution in [2.45, 2.75) is 19.3 Å². The molecule has 0 saturated carbocycles. The maximum Gasteiger partial charge on any atom is 0.373 e. The zero-order valence-corrected chi connectivity index (χ0v) is 12.0. The number of hydrogen-bond acceptors (Lipinski definition) is 6. The molecule has 1 aliphatic heterocycles. The highest BCUT2D eigenvalue weighted by atomic mass is 32.1. The molecule has 1 fully saturated rings. The van der Waals surface area contributed by atoms with E-state index in [2.05, 4.69) is 4.98 Å². The van der Waals surface area contributed by atoms with Gasteiger partial charge in [0.05, 0.1) is 0 Å². The fourth-order valence-electron chi connectivity index (χ4n) is 2.82. The van der Waals surface area contributed by atoms with E-state index in [4.69, 9.17) is 5.11 Å². The number of fused-ring (bicyclic) bond motifs is 1. The molecule has 1 aliphatic rings. The van der Waals surface area contributed by atoms with E-state index in [1.807, 2.05) is 4.90 Å². The van der Waals surface area contributed by atoms with Crippen LogP contribution in [0.25, 0.3) is 4.96 Å². The quantitative estimate of drug-likeness (QED) is 0.684. The maximum atomic E-state index is 11.3. The van der Waals surface area contributed by atoms with Gasteiger partial charge in [-0.15, -0.1) is 0 Å². The van der Waals surface area contributed by atoms with E-state index in [1.165, 1.54) is 15.7 Å². The van der Waals surface area contributed by atoms with Gasteiger partial charge < -0.3 is 20.1 Å². The predicted molar refractivity (Wildman–Crippen MR) is 76.9 cm³/mol. The predicted octanol–water partition coefficient (Wildman–Crippen LogP) is 2.00. The van der Waals surface area contributed by atoms with Gasteiger partial charge in [-0.3, -0.25) is 4.79 Å². The minimum Gasteiger partial charge on any atom is -0.481 e. The maximum absolute atomic E-state index is 11.3. The van der Waals surface area contributed by atoms with E-state index in [9.17, 15) is 14.9 Å². The van der Waals surface area contributed by atoms with Crippen molar-refractivity contribution in [1.29, 1.82) is 0 Å². The number of rotatable bonds is 4. The van der Waals surface area contributed by atoms with Gasteiger partial charge in [-0.25, -0.2) is 0 Å². The van der Waals surface area contributed by atoms with Crippen LogP contribution in [0.3, 0.4) is 0 Å². The van der Waals surface area contributed by atoms with Crippen molar-refractivity contribution >= 4 is 33.9 Å². The number of thiazole rings is 1. The second-order valence-corrected chi connectivity index (χ2v) is 6.00. The number of imidazole rings is 1. The van der Waals surface area contributed by atoms with Gasteiger partial charge in [0.1, 0.15) is 6.20 Å². The second-order valence-electron chi connectivity index (χ2n) is 5.12. The minimum absolute atomic E-state index is 0.00981. The average Bonchev–Trinajstić information content (AvgIpc) is 2.97. The number of carboxylic acid groups (broad SMARTS) is 1. The Balaban J connectivity index is 1.92. The largest absolute Gasteiger partial charge is 0.481 e. The van der Waals surface area contributed by atoms with Gasteiger partial charge >= 0.3 is 11.8 Å². The molecule has 0 spiro atoms. The van der Waals surface area contributed by atoms with Crippen molar-refractivity contribution in [3.05, 3.63) is 21.7 Å². The molecular formula is C12H14N4O4S. The second kappa shape index (κ2) is 5.32. The van der Waals surface area contributed by atoms with Gasteiger partial charge in [-0.2, -0.15) is 9.38 Å². The monoisotopic (exact) mass is 310 g/mol. The zero-order chi connectivity index (χ0) is 15.0. The van der Waals surface area contributed by atoms with Crippen LogP contribution in [0.5, 0.6) is 0 Å². The summed E-state index contributed by atoms with van der Waals surface area (Å²) < 4.78 is 1.47. The topological polar surface area (TPSA) is 101 Å². The average molecular weight is 310 g/mol. The molecule has 3 rings (SSSR count). The molecule has 0 aliphatic carbocycles. The molecule has 1 unspecified atom stereocenters. The van der Waals surface area contributed by atoms with Crippen LogP contribution in [-0.2, 0) is 4.79 Å². The number of carbonyl (C=O) groups is 1. The van der Waals surface area contributed by atoms with E-state index in [1.54, 1.807) is 11.6 Å². The van der Waals surface area contributed by atoms with E-state index >= 15 is 0 Å². The summed E-state index contributed by atoms with van der Waals surface area (Å²) in [5, 5.41) is 22.0. The molecule has 21 heavy (non-hydrogen) atoms. The number of anilines is 1. The van der Waals surface area contributed by atoms with Crippen LogP contribution < -0.4 is 4.90 Å². The van der Waals surface area contributed by atoms with E-state index in [0.29, 0.717) is 23.9 Å². The molecule has 1 saturated heterocycles. The summed E-state index contributed by atoms with van der Waals surface area (Å²) in [5.74, 6) is -0.512. The summed E-state index contributed by atoms with van der Waals surface area (Å²) >= 11 is 1.34. The lowest BCUT2D eigenvalue weighted by Crippen LogP contribution is -2.36. The number of hydrogen-bond donors (Lipinski definition) is 1. The molecule has 0 amide bonds. The Hall–Kier alpha value is -2.16. The van der Waals surface area contributed by atoms with Crippen LogP contribution in [0.1, 0.15) is 19.3 Å². The third-order valence-electron chi connectivity index (χ3n) is 3.67. The first-order chi connectivity index (χ1) is 10.1. The molecule has 112 valence electrons. The normalized spacial score (nSPS) is 19.0. The Morgan fingerprint density at radius 1 is 1.62 bits per heavy atom. The Kier molecular flexibility index (Phi) is 3.50. The van der Waals surface area contributed by atoms with Crippen LogP contribution in [0, 0.1) is 16.0 Å². The van der Waals surface area contributed by atoms with Crippen LogP contribution in [0.15, 0.2) is 11.6 Å². The summed E-state index contributed by atoms with van der Waals surface area (Å²) in [6.45, 7) is 1.17. The first-order valence-electron chi connectivity index (χ1n) is 6.63. The van der Waals surface area contributed by atoms with Crippen molar-refractivity contribution in [3.63, 3.8) is 0 Å². The SMILES string of the molecule is O=C(O)CC1CCCN(c2nc3sccn3c2[N+](=O)[O-])C1. The van der Waals surface area contributed by atoms with Crippen molar-refractivity contribution in [2.24, 2.45) is 5.92 Å². The van der Waals surface area contributed by atoms with Gasteiger partial charge in [0.25, 0.3) is 4.96 Å². The molecule has 8 nitrogen and oxygen atoms in total. The first-order valence-corrected chi connectivity index (χ1v) is 7.51. The van der Waals surface area contributed by atoms with E-state index in [0.717, 1.165) is 12.8 Å². The third kappa shape index (κ3) is 2.56. The standard InChI is InChI=1S/C12H14N4O4S/c17-9(18)6-8-2-1-3-14(7-8)10-11(16(19)20)15-4-5-21-12(15)13-10/h4-5,8H,1-3,6-7H2,(H,17,18). The smallest absolute Gasteiger partial charge is 0.373 e. The van der Waals surface area contributed by atoms with Gasteiger partial charge in [0, 0.05) is 24.9 Å². The number of aliphatic carboxylic acids is 1. The molecule has 2 aromatic heterocycles. The lowest BCUT2D eigenvalue weighted by Gasteiger charge is -2.31. The molecule has 2 aromatic rings. The Morgan fingerprint density at radius 2 is 2.43 bits per heavy atom. The van der Waals surface area contributed by atoms with E-state index < -0.39 is 10.9 Å². The van der Waals surface area contributed by atoms with Crippen LogP contribution >= 0.6 is 11.3 Å². The minimum atomic E-state index is -0.831. The molecule has 3 heterocycles. The number of nitro groups is 1. The number of aromatic nitrogens is 2. The lowest BCUT2D eigenvalue weighted by atomic mass is 9.95. The Morgan fingerprint density at radius 3 is 3.14 bits per heavy atom. The summed E-state index contributed by atoms with van der Waals surface area (Å²) in [7, 11) is 0. The molecule has 0 bridgehead atoms. The molecule has 0 radical (unpaired) electrons. The molecule has 9 heteroatoms. The Labute approximate surface area is 123 Å². The third-order valence-corrected chi connectivity index (χ3v) is 4.43. The first kappa shape index (κ1) is 13.8.